The van der Waals surface area contributed by atoms with E-state index in [0.29, 0.717) is 6.07 Å². The molecule has 33 heavy (non-hydrogen) atoms. The van der Waals surface area contributed by atoms with Crippen LogP contribution >= 0.6 is 0 Å². The number of nitrogens with one attached hydrogen (secondary N) is 1. The van der Waals surface area contributed by atoms with E-state index in [2.05, 4.69) is 25.1 Å². The van der Waals surface area contributed by atoms with Gasteiger partial charge in [-0.1, -0.05) is 0 Å². The van der Waals surface area contributed by atoms with Gasteiger partial charge in [-0.2, -0.15) is 31.4 Å². The molecule has 0 unspecified atom stereocenters. The molecule has 0 aliphatic rings. The van der Waals surface area contributed by atoms with Crippen LogP contribution in [0.15, 0.2) is 49.1 Å². The monoisotopic (exact) mass is 466 g/mol. The van der Waals surface area contributed by atoms with Crippen molar-refractivity contribution in [2.45, 2.75) is 12.4 Å². The second-order valence-electron chi connectivity index (χ2n) is 6.99. The van der Waals surface area contributed by atoms with Gasteiger partial charge >= 0.3 is 12.4 Å². The van der Waals surface area contributed by atoms with Crippen molar-refractivity contribution >= 4 is 16.6 Å². The molecular weight excluding hydrogens is 457 g/mol. The fraction of sp³-hybridized carbons (Fsp3) is 0.100. The van der Waals surface area contributed by atoms with Gasteiger partial charge in [0.1, 0.15) is 11.5 Å². The maximum absolute atomic E-state index is 15.2. The minimum Gasteiger partial charge on any atom is -0.295 e. The number of hydrogen-bond donors (Lipinski definition) is 1. The summed E-state index contributed by atoms with van der Waals surface area (Å²) < 4.78 is 96.6. The van der Waals surface area contributed by atoms with Gasteiger partial charge in [0, 0.05) is 23.5 Å². The maximum Gasteiger partial charge on any atom is 0.435 e. The highest BCUT2D eigenvalue weighted by Gasteiger charge is 2.39. The SMILES string of the molecule is Fc1c(-c2c(C(F)(F)F)nc3cnc(-c4ccnc(C(F)(F)F)c4)cn23)ccc2[nH]ncc12. The summed E-state index contributed by atoms with van der Waals surface area (Å²) in [4.78, 5) is 10.8. The minimum atomic E-state index is -4.95. The number of alkyl halides is 6. The van der Waals surface area contributed by atoms with Gasteiger partial charge in [0.15, 0.2) is 11.3 Å². The molecule has 4 aromatic heterocycles. The highest BCUT2D eigenvalue weighted by molar-refractivity contribution is 5.85. The number of hydrogen-bond acceptors (Lipinski definition) is 4. The summed E-state index contributed by atoms with van der Waals surface area (Å²) >= 11 is 0. The number of fused-ring (bicyclic) bond motifs is 2. The Labute approximate surface area is 178 Å². The topological polar surface area (TPSA) is 71.8 Å². The van der Waals surface area contributed by atoms with Crippen molar-refractivity contribution in [1.29, 1.82) is 0 Å². The number of H-pyrrole nitrogens is 1. The summed E-state index contributed by atoms with van der Waals surface area (Å²) in [6.07, 6.45) is -5.59. The first kappa shape index (κ1) is 20.8. The quantitative estimate of drug-likeness (QED) is 0.348. The van der Waals surface area contributed by atoms with Crippen LogP contribution in [0.2, 0.25) is 0 Å². The van der Waals surface area contributed by atoms with Crippen LogP contribution in [0.5, 0.6) is 0 Å². The first-order valence-corrected chi connectivity index (χ1v) is 9.15. The van der Waals surface area contributed by atoms with Crippen LogP contribution in [0.1, 0.15) is 11.4 Å². The van der Waals surface area contributed by atoms with Gasteiger partial charge in [-0.3, -0.25) is 19.5 Å². The van der Waals surface area contributed by atoms with Gasteiger partial charge in [-0.25, -0.2) is 9.37 Å². The summed E-state index contributed by atoms with van der Waals surface area (Å²) in [7, 11) is 0. The Bertz CT molecular complexity index is 1510. The molecule has 5 aromatic rings. The Hall–Kier alpha value is -4.03. The standard InChI is InChI=1S/C20H9F7N6/c21-16-10(1-2-12-11(16)6-30-32-12)17-18(20(25,26)27)31-15-7-29-13(8-33(15)17)9-3-4-28-14(5-9)19(22,23)24/h1-8H,(H,30,32). The Morgan fingerprint density at radius 1 is 0.909 bits per heavy atom. The first-order valence-electron chi connectivity index (χ1n) is 9.15. The predicted octanol–water partition coefficient (Wildman–Crippen LogP) is 5.51. The molecule has 0 saturated heterocycles. The van der Waals surface area contributed by atoms with E-state index in [1.165, 1.54) is 12.1 Å². The summed E-state index contributed by atoms with van der Waals surface area (Å²) in [6.45, 7) is 0. The Kier molecular flexibility index (Phi) is 4.41. The van der Waals surface area contributed by atoms with Crippen molar-refractivity contribution < 1.29 is 30.7 Å². The lowest BCUT2D eigenvalue weighted by atomic mass is 10.1. The van der Waals surface area contributed by atoms with E-state index in [9.17, 15) is 26.3 Å². The molecule has 4 heterocycles. The van der Waals surface area contributed by atoms with Crippen molar-refractivity contribution in [2.75, 3.05) is 0 Å². The third-order valence-corrected chi connectivity index (χ3v) is 4.94. The summed E-state index contributed by atoms with van der Waals surface area (Å²) in [5.41, 5.74) is -3.71. The second-order valence-corrected chi connectivity index (χ2v) is 6.99. The van der Waals surface area contributed by atoms with Crippen LogP contribution < -0.4 is 0 Å². The van der Waals surface area contributed by atoms with Crippen molar-refractivity contribution in [3.8, 4) is 22.5 Å². The molecule has 0 spiro atoms. The zero-order valence-corrected chi connectivity index (χ0v) is 16.0. The molecule has 168 valence electrons. The van der Waals surface area contributed by atoms with Crippen LogP contribution in [0.3, 0.4) is 0 Å². The lowest BCUT2D eigenvalue weighted by Gasteiger charge is -2.11. The van der Waals surface area contributed by atoms with Gasteiger partial charge < -0.3 is 0 Å². The number of halogens is 7. The fourth-order valence-electron chi connectivity index (χ4n) is 3.47. The molecular formula is C20H9F7N6. The molecule has 0 bridgehead atoms. The van der Waals surface area contributed by atoms with Crippen LogP contribution in [0.4, 0.5) is 30.7 Å². The van der Waals surface area contributed by atoms with E-state index in [1.54, 1.807) is 0 Å². The molecule has 0 fully saturated rings. The number of aromatic nitrogens is 6. The molecule has 0 saturated carbocycles. The van der Waals surface area contributed by atoms with Crippen LogP contribution in [-0.2, 0) is 12.4 Å². The molecule has 5 rings (SSSR count). The van der Waals surface area contributed by atoms with E-state index in [0.717, 1.165) is 35.3 Å². The van der Waals surface area contributed by atoms with Crippen LogP contribution in [0, 0.1) is 5.82 Å². The van der Waals surface area contributed by atoms with E-state index >= 15 is 4.39 Å². The smallest absolute Gasteiger partial charge is 0.295 e. The van der Waals surface area contributed by atoms with Crippen molar-refractivity contribution in [3.05, 3.63) is 66.3 Å². The number of benzene rings is 1. The van der Waals surface area contributed by atoms with Crippen LogP contribution in [0.25, 0.3) is 39.1 Å². The summed E-state index contributed by atoms with van der Waals surface area (Å²) in [5.74, 6) is -0.963. The van der Waals surface area contributed by atoms with Crippen molar-refractivity contribution in [1.82, 2.24) is 29.5 Å². The molecule has 1 aromatic carbocycles. The molecule has 0 aliphatic carbocycles. The van der Waals surface area contributed by atoms with Crippen LogP contribution in [-0.4, -0.2) is 29.5 Å². The van der Waals surface area contributed by atoms with Crippen molar-refractivity contribution in [3.63, 3.8) is 0 Å². The molecule has 0 atom stereocenters. The molecule has 0 aliphatic heterocycles. The first-order chi connectivity index (χ1) is 15.5. The average molecular weight is 466 g/mol. The Morgan fingerprint density at radius 2 is 1.70 bits per heavy atom. The number of pyridine rings is 1. The second kappa shape index (κ2) is 6.98. The Morgan fingerprint density at radius 3 is 2.42 bits per heavy atom. The molecule has 1 N–H and O–H groups in total. The lowest BCUT2D eigenvalue weighted by Crippen LogP contribution is -2.08. The third kappa shape index (κ3) is 3.45. The number of imidazole rings is 1. The zero-order chi connectivity index (χ0) is 23.5. The van der Waals surface area contributed by atoms with Gasteiger partial charge in [-0.05, 0) is 24.3 Å². The van der Waals surface area contributed by atoms with E-state index in [-0.39, 0.29) is 27.8 Å². The van der Waals surface area contributed by atoms with Gasteiger partial charge in [0.25, 0.3) is 0 Å². The maximum atomic E-state index is 15.2. The summed E-state index contributed by atoms with van der Waals surface area (Å²) in [6, 6.07) is 4.44. The number of aromatic amines is 1. The third-order valence-electron chi connectivity index (χ3n) is 4.94. The molecule has 0 amide bonds. The fourth-order valence-corrected chi connectivity index (χ4v) is 3.47. The highest BCUT2D eigenvalue weighted by atomic mass is 19.4. The van der Waals surface area contributed by atoms with Gasteiger partial charge in [-0.15, -0.1) is 0 Å². The zero-order valence-electron chi connectivity index (χ0n) is 16.0. The number of rotatable bonds is 2. The van der Waals surface area contributed by atoms with E-state index in [1.807, 2.05) is 0 Å². The minimum absolute atomic E-state index is 0.0335. The van der Waals surface area contributed by atoms with Crippen molar-refractivity contribution in [2.24, 2.45) is 0 Å². The van der Waals surface area contributed by atoms with E-state index < -0.39 is 40.8 Å². The normalized spacial score (nSPS) is 12.7. The largest absolute Gasteiger partial charge is 0.435 e. The van der Waals surface area contributed by atoms with E-state index in [4.69, 9.17) is 0 Å². The molecule has 6 nitrogen and oxygen atoms in total. The summed E-state index contributed by atoms with van der Waals surface area (Å²) in [5, 5.41) is 6.17. The lowest BCUT2D eigenvalue weighted by molar-refractivity contribution is -0.141. The van der Waals surface area contributed by atoms with Gasteiger partial charge in [0.2, 0.25) is 0 Å². The number of nitrogens with zero attached hydrogens (tertiary/aromatic N) is 5. The Balaban J connectivity index is 1.78. The average Bonchev–Trinajstić information content (AvgIpc) is 3.38. The predicted molar refractivity (Wildman–Crippen MR) is 101 cm³/mol. The van der Waals surface area contributed by atoms with Gasteiger partial charge in [0.05, 0.1) is 34.7 Å². The molecule has 13 heteroatoms. The molecule has 0 radical (unpaired) electrons. The highest BCUT2D eigenvalue weighted by Crippen LogP contribution is 2.40.